The van der Waals surface area contributed by atoms with E-state index in [2.05, 4.69) is 17.6 Å². The number of benzene rings is 1. The molecule has 0 aliphatic heterocycles. The molecule has 2 amide bonds. The van der Waals surface area contributed by atoms with Crippen molar-refractivity contribution in [3.8, 4) is 0 Å². The van der Waals surface area contributed by atoms with Crippen LogP contribution >= 0.6 is 11.3 Å². The summed E-state index contributed by atoms with van der Waals surface area (Å²) >= 11 is 1.69. The van der Waals surface area contributed by atoms with Crippen LogP contribution in [0.5, 0.6) is 0 Å². The molecule has 0 saturated carbocycles. The molecule has 0 spiro atoms. The van der Waals surface area contributed by atoms with Crippen LogP contribution in [0.4, 0.5) is 11.4 Å². The fraction of sp³-hybridized carbons (Fsp3) is 0.368. The summed E-state index contributed by atoms with van der Waals surface area (Å²) < 4.78 is 0. The molecular formula is C19H22N2O2S. The minimum absolute atomic E-state index is 0.0647. The van der Waals surface area contributed by atoms with Gasteiger partial charge in [0.1, 0.15) is 0 Å². The van der Waals surface area contributed by atoms with E-state index in [1.165, 1.54) is 17.4 Å². The zero-order valence-corrected chi connectivity index (χ0v) is 15.0. The standard InChI is InChI=1S/C19H22N2O2S/c1-11-7-8-14-15(10-24-18(14)9-11)19(23)21-17-6-4-5-16(12(17)2)20-13(3)22/h4-6,10-11H,7-9H2,1-3H3,(H,20,22)(H,21,23). The quantitative estimate of drug-likeness (QED) is 0.869. The Morgan fingerprint density at radius 2 is 1.92 bits per heavy atom. The highest BCUT2D eigenvalue weighted by Gasteiger charge is 2.23. The number of carbonyl (C=O) groups excluding carboxylic acids is 2. The molecule has 126 valence electrons. The Morgan fingerprint density at radius 3 is 2.62 bits per heavy atom. The molecule has 1 aromatic carbocycles. The molecule has 3 rings (SSSR count). The highest BCUT2D eigenvalue weighted by atomic mass is 32.1. The van der Waals surface area contributed by atoms with Gasteiger partial charge in [0.2, 0.25) is 5.91 Å². The lowest BCUT2D eigenvalue weighted by molar-refractivity contribution is -0.114. The van der Waals surface area contributed by atoms with Gasteiger partial charge in [-0.1, -0.05) is 13.0 Å². The first kappa shape index (κ1) is 16.7. The molecule has 0 fully saturated rings. The molecule has 24 heavy (non-hydrogen) atoms. The van der Waals surface area contributed by atoms with Crippen LogP contribution in [0.15, 0.2) is 23.6 Å². The third-order valence-corrected chi connectivity index (χ3v) is 5.59. The van der Waals surface area contributed by atoms with Gasteiger partial charge in [-0.25, -0.2) is 0 Å². The average molecular weight is 342 g/mol. The minimum Gasteiger partial charge on any atom is -0.326 e. The van der Waals surface area contributed by atoms with Crippen molar-refractivity contribution >= 4 is 34.5 Å². The first-order valence-corrected chi connectivity index (χ1v) is 9.11. The first-order chi connectivity index (χ1) is 11.5. The lowest BCUT2D eigenvalue weighted by Gasteiger charge is -2.19. The van der Waals surface area contributed by atoms with Crippen molar-refractivity contribution in [2.75, 3.05) is 10.6 Å². The van der Waals surface area contributed by atoms with E-state index in [-0.39, 0.29) is 11.8 Å². The fourth-order valence-corrected chi connectivity index (χ4v) is 4.40. The molecule has 1 unspecified atom stereocenters. The van der Waals surface area contributed by atoms with Gasteiger partial charge in [-0.05, 0) is 55.4 Å². The van der Waals surface area contributed by atoms with Crippen molar-refractivity contribution in [2.45, 2.75) is 40.0 Å². The first-order valence-electron chi connectivity index (χ1n) is 8.23. The normalized spacial score (nSPS) is 16.4. The van der Waals surface area contributed by atoms with Crippen molar-refractivity contribution < 1.29 is 9.59 Å². The van der Waals surface area contributed by atoms with E-state index in [1.54, 1.807) is 11.3 Å². The predicted molar refractivity (Wildman–Crippen MR) is 98.9 cm³/mol. The summed E-state index contributed by atoms with van der Waals surface area (Å²) in [7, 11) is 0. The number of thiophene rings is 1. The van der Waals surface area contributed by atoms with Crippen LogP contribution in [0.3, 0.4) is 0 Å². The maximum atomic E-state index is 12.7. The van der Waals surface area contributed by atoms with Crippen LogP contribution in [0.1, 0.15) is 46.6 Å². The van der Waals surface area contributed by atoms with Gasteiger partial charge in [-0.15, -0.1) is 11.3 Å². The van der Waals surface area contributed by atoms with Crippen LogP contribution in [0.25, 0.3) is 0 Å². The van der Waals surface area contributed by atoms with Gasteiger partial charge in [-0.2, -0.15) is 0 Å². The molecule has 4 nitrogen and oxygen atoms in total. The molecule has 0 bridgehead atoms. The maximum Gasteiger partial charge on any atom is 0.256 e. The van der Waals surface area contributed by atoms with Gasteiger partial charge in [0.25, 0.3) is 5.91 Å². The molecule has 1 aromatic heterocycles. The van der Waals surface area contributed by atoms with Crippen LogP contribution in [-0.4, -0.2) is 11.8 Å². The number of amides is 2. The van der Waals surface area contributed by atoms with E-state index in [0.717, 1.165) is 41.8 Å². The predicted octanol–water partition coefficient (Wildman–Crippen LogP) is 4.39. The third kappa shape index (κ3) is 3.36. The van der Waals surface area contributed by atoms with E-state index < -0.39 is 0 Å². The third-order valence-electron chi connectivity index (χ3n) is 4.54. The van der Waals surface area contributed by atoms with Crippen LogP contribution in [0, 0.1) is 12.8 Å². The number of fused-ring (bicyclic) bond motifs is 1. The molecule has 1 heterocycles. The topological polar surface area (TPSA) is 58.2 Å². The van der Waals surface area contributed by atoms with E-state index in [4.69, 9.17) is 0 Å². The lowest BCUT2D eigenvalue weighted by atomic mass is 9.88. The Balaban J connectivity index is 1.82. The summed E-state index contributed by atoms with van der Waals surface area (Å²) in [5, 5.41) is 7.77. The molecular weight excluding hydrogens is 320 g/mol. The van der Waals surface area contributed by atoms with Crippen LogP contribution < -0.4 is 10.6 Å². The second-order valence-corrected chi connectivity index (χ2v) is 7.48. The SMILES string of the molecule is CC(=O)Nc1cccc(NC(=O)c2csc3c2CCC(C)C3)c1C. The Hall–Kier alpha value is -2.14. The molecule has 2 aromatic rings. The second-order valence-electron chi connectivity index (χ2n) is 6.51. The van der Waals surface area contributed by atoms with Gasteiger partial charge in [0.05, 0.1) is 5.56 Å². The molecule has 2 N–H and O–H groups in total. The van der Waals surface area contributed by atoms with Gasteiger partial charge in [-0.3, -0.25) is 9.59 Å². The minimum atomic E-state index is -0.123. The van der Waals surface area contributed by atoms with Crippen molar-refractivity contribution in [3.63, 3.8) is 0 Å². The van der Waals surface area contributed by atoms with Crippen molar-refractivity contribution in [1.82, 2.24) is 0 Å². The number of carbonyl (C=O) groups is 2. The zero-order valence-electron chi connectivity index (χ0n) is 14.2. The van der Waals surface area contributed by atoms with Crippen LogP contribution in [0.2, 0.25) is 0 Å². The molecule has 1 aliphatic carbocycles. The summed E-state index contributed by atoms with van der Waals surface area (Å²) in [5.41, 5.74) is 4.33. The molecule has 0 radical (unpaired) electrons. The Labute approximate surface area is 146 Å². The maximum absolute atomic E-state index is 12.7. The van der Waals surface area contributed by atoms with E-state index >= 15 is 0 Å². The molecule has 1 aliphatic rings. The number of nitrogens with one attached hydrogen (secondary N) is 2. The lowest BCUT2D eigenvalue weighted by Crippen LogP contribution is -2.17. The molecule has 0 saturated heterocycles. The van der Waals surface area contributed by atoms with Crippen LogP contribution in [-0.2, 0) is 17.6 Å². The summed E-state index contributed by atoms with van der Waals surface area (Å²) in [4.78, 5) is 25.3. The Bertz CT molecular complexity index is 795. The highest BCUT2D eigenvalue weighted by Crippen LogP contribution is 2.33. The number of rotatable bonds is 3. The smallest absolute Gasteiger partial charge is 0.256 e. The van der Waals surface area contributed by atoms with Gasteiger partial charge < -0.3 is 10.6 Å². The van der Waals surface area contributed by atoms with E-state index in [1.807, 2.05) is 30.5 Å². The van der Waals surface area contributed by atoms with Crippen molar-refractivity contribution in [3.05, 3.63) is 45.1 Å². The highest BCUT2D eigenvalue weighted by molar-refractivity contribution is 7.10. The summed E-state index contributed by atoms with van der Waals surface area (Å²) in [5.74, 6) is 0.511. The monoisotopic (exact) mass is 342 g/mol. The summed E-state index contributed by atoms with van der Waals surface area (Å²) in [6.07, 6.45) is 3.19. The van der Waals surface area contributed by atoms with Crippen molar-refractivity contribution in [1.29, 1.82) is 0 Å². The average Bonchev–Trinajstić information content (AvgIpc) is 2.93. The fourth-order valence-electron chi connectivity index (χ4n) is 3.15. The number of hydrogen-bond acceptors (Lipinski definition) is 3. The second kappa shape index (κ2) is 6.77. The number of hydrogen-bond donors (Lipinski definition) is 2. The molecule has 1 atom stereocenters. The van der Waals surface area contributed by atoms with E-state index in [0.29, 0.717) is 5.92 Å². The van der Waals surface area contributed by atoms with Gasteiger partial charge in [0.15, 0.2) is 0 Å². The van der Waals surface area contributed by atoms with Crippen molar-refractivity contribution in [2.24, 2.45) is 5.92 Å². The summed E-state index contributed by atoms with van der Waals surface area (Å²) in [6.45, 7) is 5.63. The Morgan fingerprint density at radius 1 is 1.21 bits per heavy atom. The Kier molecular flexibility index (Phi) is 4.71. The number of anilines is 2. The zero-order chi connectivity index (χ0) is 17.3. The van der Waals surface area contributed by atoms with Gasteiger partial charge in [0, 0.05) is 28.6 Å². The molecule has 5 heteroatoms. The largest absolute Gasteiger partial charge is 0.326 e. The summed E-state index contributed by atoms with van der Waals surface area (Å²) in [6, 6.07) is 5.53. The van der Waals surface area contributed by atoms with Gasteiger partial charge >= 0.3 is 0 Å². The van der Waals surface area contributed by atoms with E-state index in [9.17, 15) is 9.59 Å².